The van der Waals surface area contributed by atoms with E-state index in [0.717, 1.165) is 12.8 Å². The molecule has 8 nitrogen and oxygen atoms in total. The number of carbonyl (C=O) groups is 2. The SMILES string of the molecule is CC1CCC(NC(=O)C2=CN3CCS(=O)(=O)N=C3C=C2)(C(=O)O)CC1. The van der Waals surface area contributed by atoms with Crippen LogP contribution in [0.25, 0.3) is 0 Å². The Labute approximate surface area is 146 Å². The molecule has 1 amide bonds. The number of amides is 1. The molecular formula is C16H21N3O5S. The van der Waals surface area contributed by atoms with Crippen molar-refractivity contribution in [3.63, 3.8) is 0 Å². The number of sulfonamides is 1. The van der Waals surface area contributed by atoms with Gasteiger partial charge in [0, 0.05) is 12.7 Å². The molecular weight excluding hydrogens is 346 g/mol. The fourth-order valence-electron chi connectivity index (χ4n) is 3.27. The Bertz CT molecular complexity index is 789. The highest BCUT2D eigenvalue weighted by Crippen LogP contribution is 2.32. The molecule has 3 rings (SSSR count). The number of fused-ring (bicyclic) bond motifs is 1. The molecule has 0 bridgehead atoms. The van der Waals surface area contributed by atoms with Gasteiger partial charge in [-0.05, 0) is 43.8 Å². The number of amidine groups is 1. The second-order valence-corrected chi connectivity index (χ2v) is 8.63. The van der Waals surface area contributed by atoms with Crippen LogP contribution in [0.1, 0.15) is 32.6 Å². The van der Waals surface area contributed by atoms with Crippen molar-refractivity contribution >= 4 is 27.7 Å². The van der Waals surface area contributed by atoms with Crippen molar-refractivity contribution in [2.24, 2.45) is 10.3 Å². The van der Waals surface area contributed by atoms with E-state index in [1.165, 1.54) is 18.4 Å². The molecule has 0 radical (unpaired) electrons. The molecule has 0 unspecified atom stereocenters. The van der Waals surface area contributed by atoms with Gasteiger partial charge in [0.05, 0.1) is 11.3 Å². The first-order valence-electron chi connectivity index (χ1n) is 8.26. The Balaban J connectivity index is 1.77. The van der Waals surface area contributed by atoms with Gasteiger partial charge in [-0.25, -0.2) is 13.2 Å². The van der Waals surface area contributed by atoms with Crippen LogP contribution in [0.4, 0.5) is 0 Å². The van der Waals surface area contributed by atoms with E-state index in [-0.39, 0.29) is 23.7 Å². The lowest BCUT2D eigenvalue weighted by Crippen LogP contribution is -2.56. The Morgan fingerprint density at radius 1 is 1.32 bits per heavy atom. The van der Waals surface area contributed by atoms with E-state index in [0.29, 0.717) is 18.8 Å². The summed E-state index contributed by atoms with van der Waals surface area (Å²) in [5, 5.41) is 12.3. The van der Waals surface area contributed by atoms with Gasteiger partial charge in [-0.15, -0.1) is 4.40 Å². The third-order valence-corrected chi connectivity index (χ3v) is 6.14. The number of rotatable bonds is 3. The van der Waals surface area contributed by atoms with Crippen molar-refractivity contribution in [1.29, 1.82) is 0 Å². The number of carboxylic acid groups (broad SMARTS) is 1. The molecule has 0 spiro atoms. The summed E-state index contributed by atoms with van der Waals surface area (Å²) in [7, 11) is -3.45. The highest BCUT2D eigenvalue weighted by Gasteiger charge is 2.43. The molecule has 0 saturated heterocycles. The van der Waals surface area contributed by atoms with Gasteiger partial charge >= 0.3 is 5.97 Å². The van der Waals surface area contributed by atoms with Gasteiger partial charge in [-0.1, -0.05) is 6.92 Å². The molecule has 2 aliphatic heterocycles. The summed E-state index contributed by atoms with van der Waals surface area (Å²) >= 11 is 0. The number of carbonyl (C=O) groups excluding carboxylic acids is 1. The van der Waals surface area contributed by atoms with Crippen LogP contribution in [-0.2, 0) is 19.6 Å². The van der Waals surface area contributed by atoms with Gasteiger partial charge in [0.1, 0.15) is 11.4 Å². The summed E-state index contributed by atoms with van der Waals surface area (Å²) in [6.07, 6.45) is 6.75. The minimum absolute atomic E-state index is 0.118. The Kier molecular flexibility index (Phi) is 4.44. The van der Waals surface area contributed by atoms with Crippen molar-refractivity contribution in [3.05, 3.63) is 23.9 Å². The summed E-state index contributed by atoms with van der Waals surface area (Å²) in [4.78, 5) is 25.9. The lowest BCUT2D eigenvalue weighted by molar-refractivity contribution is -0.149. The second kappa shape index (κ2) is 6.29. The van der Waals surface area contributed by atoms with E-state index in [4.69, 9.17) is 0 Å². The third kappa shape index (κ3) is 3.60. The molecule has 0 aromatic carbocycles. The fourth-order valence-corrected chi connectivity index (χ4v) is 4.24. The summed E-state index contributed by atoms with van der Waals surface area (Å²) in [5.41, 5.74) is -0.949. The van der Waals surface area contributed by atoms with E-state index < -0.39 is 27.4 Å². The molecule has 0 aromatic rings. The highest BCUT2D eigenvalue weighted by molar-refractivity contribution is 7.90. The van der Waals surface area contributed by atoms with Crippen LogP contribution in [0.15, 0.2) is 28.3 Å². The Morgan fingerprint density at radius 3 is 2.64 bits per heavy atom. The maximum atomic E-state index is 12.6. The van der Waals surface area contributed by atoms with Crippen LogP contribution in [0.3, 0.4) is 0 Å². The minimum atomic E-state index is -3.45. The van der Waals surface area contributed by atoms with Crippen LogP contribution >= 0.6 is 0 Å². The average Bonchev–Trinajstić information content (AvgIpc) is 2.55. The monoisotopic (exact) mass is 367 g/mol. The molecule has 136 valence electrons. The molecule has 0 atom stereocenters. The summed E-state index contributed by atoms with van der Waals surface area (Å²) in [5.74, 6) is -0.887. The summed E-state index contributed by atoms with van der Waals surface area (Å²) < 4.78 is 26.7. The zero-order valence-corrected chi connectivity index (χ0v) is 14.8. The number of aliphatic carboxylic acids is 1. The van der Waals surface area contributed by atoms with Crippen LogP contribution in [0, 0.1) is 5.92 Å². The zero-order chi connectivity index (χ0) is 18.2. The predicted molar refractivity (Wildman–Crippen MR) is 91.3 cm³/mol. The molecule has 2 N–H and O–H groups in total. The number of nitrogens with zero attached hydrogens (tertiary/aromatic N) is 2. The van der Waals surface area contributed by atoms with Gasteiger partial charge in [-0.2, -0.15) is 0 Å². The predicted octanol–water partition coefficient (Wildman–Crippen LogP) is 0.634. The number of carboxylic acids is 1. The highest BCUT2D eigenvalue weighted by atomic mass is 32.2. The van der Waals surface area contributed by atoms with Gasteiger partial charge in [0.15, 0.2) is 0 Å². The van der Waals surface area contributed by atoms with E-state index in [2.05, 4.69) is 16.6 Å². The summed E-state index contributed by atoms with van der Waals surface area (Å²) in [6.45, 7) is 2.29. The molecule has 25 heavy (non-hydrogen) atoms. The van der Waals surface area contributed by atoms with Crippen LogP contribution in [-0.4, -0.2) is 54.0 Å². The topological polar surface area (TPSA) is 116 Å². The normalized spacial score (nSPS) is 30.8. The number of hydrogen-bond acceptors (Lipinski definition) is 5. The largest absolute Gasteiger partial charge is 0.480 e. The van der Waals surface area contributed by atoms with Gasteiger partial charge in [0.2, 0.25) is 0 Å². The first-order chi connectivity index (χ1) is 11.7. The fraction of sp³-hybridized carbons (Fsp3) is 0.562. The third-order valence-electron chi connectivity index (χ3n) is 4.98. The Hall–Kier alpha value is -2.16. The average molecular weight is 367 g/mol. The zero-order valence-electron chi connectivity index (χ0n) is 13.9. The van der Waals surface area contributed by atoms with Crippen LogP contribution in [0.5, 0.6) is 0 Å². The van der Waals surface area contributed by atoms with Gasteiger partial charge in [0.25, 0.3) is 15.9 Å². The lowest BCUT2D eigenvalue weighted by Gasteiger charge is -2.37. The van der Waals surface area contributed by atoms with Crippen LogP contribution in [0.2, 0.25) is 0 Å². The molecule has 1 fully saturated rings. The van der Waals surface area contributed by atoms with E-state index in [9.17, 15) is 23.1 Å². The maximum absolute atomic E-state index is 12.6. The first kappa shape index (κ1) is 17.7. The van der Waals surface area contributed by atoms with Crippen molar-refractivity contribution in [2.75, 3.05) is 12.3 Å². The van der Waals surface area contributed by atoms with E-state index in [1.54, 1.807) is 4.90 Å². The van der Waals surface area contributed by atoms with Gasteiger partial charge in [-0.3, -0.25) is 4.79 Å². The molecule has 9 heteroatoms. The quantitative estimate of drug-likeness (QED) is 0.756. The molecule has 3 aliphatic rings. The smallest absolute Gasteiger partial charge is 0.329 e. The second-order valence-electron chi connectivity index (χ2n) is 6.87. The van der Waals surface area contributed by atoms with E-state index >= 15 is 0 Å². The summed E-state index contributed by atoms with van der Waals surface area (Å²) in [6, 6.07) is 0. The van der Waals surface area contributed by atoms with Crippen molar-refractivity contribution < 1.29 is 23.1 Å². The standard InChI is InChI=1S/C16H21N3O5S/c1-11-4-6-16(7-5-11,15(21)22)17-14(20)12-2-3-13-18-25(23,24)9-8-19(13)10-12/h2-3,10-11H,4-9H2,1H3,(H,17,20)(H,21,22). The molecule has 2 heterocycles. The lowest BCUT2D eigenvalue weighted by atomic mass is 9.77. The first-order valence-corrected chi connectivity index (χ1v) is 9.87. The maximum Gasteiger partial charge on any atom is 0.329 e. The number of nitrogens with one attached hydrogen (secondary N) is 1. The van der Waals surface area contributed by atoms with Crippen molar-refractivity contribution in [2.45, 2.75) is 38.1 Å². The number of hydrogen-bond donors (Lipinski definition) is 2. The molecule has 1 saturated carbocycles. The van der Waals surface area contributed by atoms with Crippen molar-refractivity contribution in [1.82, 2.24) is 10.2 Å². The van der Waals surface area contributed by atoms with E-state index in [1.807, 2.05) is 0 Å². The molecule has 0 aromatic heterocycles. The Morgan fingerprint density at radius 2 is 2.00 bits per heavy atom. The van der Waals surface area contributed by atoms with Crippen LogP contribution < -0.4 is 5.32 Å². The molecule has 1 aliphatic carbocycles. The van der Waals surface area contributed by atoms with Gasteiger partial charge < -0.3 is 15.3 Å². The minimum Gasteiger partial charge on any atom is -0.480 e. The van der Waals surface area contributed by atoms with Crippen molar-refractivity contribution in [3.8, 4) is 0 Å².